The molecule has 0 heterocycles. The van der Waals surface area contributed by atoms with Gasteiger partial charge in [0.25, 0.3) is 0 Å². The summed E-state index contributed by atoms with van der Waals surface area (Å²) in [7, 11) is 0. The van der Waals surface area contributed by atoms with Crippen LogP contribution in [0, 0.1) is 5.92 Å². The lowest BCUT2D eigenvalue weighted by Gasteiger charge is -2.22. The van der Waals surface area contributed by atoms with E-state index in [2.05, 4.69) is 0 Å². The van der Waals surface area contributed by atoms with Crippen LogP contribution in [0.2, 0.25) is 0 Å². The number of carbonyl (C=O) groups excluding carboxylic acids is 1. The van der Waals surface area contributed by atoms with Crippen molar-refractivity contribution in [3.8, 4) is 0 Å². The van der Waals surface area contributed by atoms with Crippen LogP contribution >= 0.6 is 0 Å². The average Bonchev–Trinajstić information content (AvgIpc) is 1.81. The molecule has 5 nitrogen and oxygen atoms in total. The Morgan fingerprint density at radius 2 is 2.00 bits per heavy atom. The fourth-order valence-corrected chi connectivity index (χ4v) is 0.731. The molecule has 5 heteroatoms. The van der Waals surface area contributed by atoms with Crippen LogP contribution in [0.15, 0.2) is 0 Å². The van der Waals surface area contributed by atoms with Crippen molar-refractivity contribution in [2.75, 3.05) is 0 Å². The van der Waals surface area contributed by atoms with Crippen LogP contribution in [-0.2, 0) is 4.79 Å². The summed E-state index contributed by atoms with van der Waals surface area (Å²) in [5.41, 5.74) is 0. The van der Waals surface area contributed by atoms with Crippen LogP contribution in [0.1, 0.15) is 20.3 Å². The van der Waals surface area contributed by atoms with Crippen LogP contribution in [0.5, 0.6) is 0 Å². The van der Waals surface area contributed by atoms with Gasteiger partial charge in [-0.3, -0.25) is 10.4 Å². The van der Waals surface area contributed by atoms with Crippen LogP contribution in [-0.4, -0.2) is 27.7 Å². The average molecular weight is 162 g/mol. The summed E-state index contributed by atoms with van der Waals surface area (Å²) in [5.74, 6) is -1.41. The van der Waals surface area contributed by atoms with Crippen molar-refractivity contribution < 1.29 is 20.3 Å². The minimum atomic E-state index is -1.48. The lowest BCUT2D eigenvalue weighted by Crippen LogP contribution is -2.45. The molecule has 0 bridgehead atoms. The maximum atomic E-state index is 10.2. The van der Waals surface area contributed by atoms with Crippen LogP contribution in [0.3, 0.4) is 0 Å². The monoisotopic (exact) mass is 162 g/mol. The number of nitrogens with zero attached hydrogens (tertiary/aromatic N) is 1. The highest BCUT2D eigenvalue weighted by molar-refractivity contribution is 5.70. The number of carboxylic acid groups (broad SMARTS) is 1. The van der Waals surface area contributed by atoms with E-state index in [1.807, 2.05) is 0 Å². The first-order valence-corrected chi connectivity index (χ1v) is 3.33. The molecule has 0 aliphatic rings. The molecular formula is C6H12NO4-. The number of hydrogen-bond donors (Lipinski definition) is 2. The molecule has 0 aromatic heterocycles. The summed E-state index contributed by atoms with van der Waals surface area (Å²) in [5, 5.41) is 26.7. The summed E-state index contributed by atoms with van der Waals surface area (Å²) in [6, 6.07) is -1.34. The maximum Gasteiger partial charge on any atom is 0.102 e. The quantitative estimate of drug-likeness (QED) is 0.530. The SMILES string of the molecule is CC(C)C[C@@H](C(=O)[O-])N(O)O. The van der Waals surface area contributed by atoms with Crippen molar-refractivity contribution in [2.45, 2.75) is 26.3 Å². The van der Waals surface area contributed by atoms with E-state index in [-0.39, 0.29) is 17.6 Å². The number of carboxylic acids is 1. The topological polar surface area (TPSA) is 83.8 Å². The number of aliphatic carboxylic acids is 1. The molecule has 0 unspecified atom stereocenters. The zero-order valence-electron chi connectivity index (χ0n) is 6.52. The summed E-state index contributed by atoms with van der Waals surface area (Å²) in [4.78, 5) is 10.2. The number of rotatable bonds is 4. The predicted molar refractivity (Wildman–Crippen MR) is 33.7 cm³/mol. The molecule has 2 N–H and O–H groups in total. The van der Waals surface area contributed by atoms with Gasteiger partial charge in [-0.1, -0.05) is 19.1 Å². The lowest BCUT2D eigenvalue weighted by atomic mass is 10.0. The van der Waals surface area contributed by atoms with Gasteiger partial charge in [0.2, 0.25) is 0 Å². The van der Waals surface area contributed by atoms with E-state index >= 15 is 0 Å². The van der Waals surface area contributed by atoms with Gasteiger partial charge < -0.3 is 9.90 Å². The third kappa shape index (κ3) is 3.92. The first-order chi connectivity index (χ1) is 4.95. The molecule has 0 fully saturated rings. The van der Waals surface area contributed by atoms with E-state index < -0.39 is 12.0 Å². The van der Waals surface area contributed by atoms with E-state index in [1.54, 1.807) is 13.8 Å². The number of hydrogen-bond acceptors (Lipinski definition) is 5. The predicted octanol–water partition coefficient (Wildman–Crippen LogP) is -0.769. The Morgan fingerprint density at radius 1 is 1.55 bits per heavy atom. The van der Waals surface area contributed by atoms with Gasteiger partial charge in [-0.15, -0.1) is 0 Å². The van der Waals surface area contributed by atoms with Gasteiger partial charge in [0, 0.05) is 0 Å². The minimum absolute atomic E-state index is 0.0692. The van der Waals surface area contributed by atoms with Crippen LogP contribution in [0.25, 0.3) is 0 Å². The van der Waals surface area contributed by atoms with Gasteiger partial charge in [0.05, 0.1) is 5.97 Å². The Bertz CT molecular complexity index is 135. The molecular weight excluding hydrogens is 150 g/mol. The molecule has 66 valence electrons. The fourth-order valence-electron chi connectivity index (χ4n) is 0.731. The van der Waals surface area contributed by atoms with E-state index in [9.17, 15) is 9.90 Å². The van der Waals surface area contributed by atoms with Crippen LogP contribution < -0.4 is 5.11 Å². The Labute approximate surface area is 64.8 Å². The number of carbonyl (C=O) groups is 1. The molecule has 0 aromatic carbocycles. The standard InChI is InChI=1S/C6H13NO4/c1-4(2)3-5(6(8)9)7(10)11/h4-5,10-11H,3H2,1-2H3,(H,8,9)/p-1/t5-/m0/s1. The van der Waals surface area contributed by atoms with Crippen molar-refractivity contribution in [2.24, 2.45) is 5.92 Å². The highest BCUT2D eigenvalue weighted by atomic mass is 16.8. The Hall–Kier alpha value is -0.650. The van der Waals surface area contributed by atoms with Crippen molar-refractivity contribution in [3.63, 3.8) is 0 Å². The third-order valence-electron chi connectivity index (χ3n) is 1.25. The third-order valence-corrected chi connectivity index (χ3v) is 1.25. The van der Waals surface area contributed by atoms with Crippen molar-refractivity contribution in [3.05, 3.63) is 0 Å². The van der Waals surface area contributed by atoms with Gasteiger partial charge in [0.15, 0.2) is 0 Å². The van der Waals surface area contributed by atoms with Gasteiger partial charge >= 0.3 is 0 Å². The Balaban J connectivity index is 4.01. The maximum absolute atomic E-state index is 10.2. The van der Waals surface area contributed by atoms with Gasteiger partial charge in [-0.2, -0.15) is 0 Å². The smallest absolute Gasteiger partial charge is 0.102 e. The summed E-state index contributed by atoms with van der Waals surface area (Å²) in [6.07, 6.45) is 0.148. The summed E-state index contributed by atoms with van der Waals surface area (Å²) in [6.45, 7) is 3.55. The molecule has 0 spiro atoms. The largest absolute Gasteiger partial charge is 0.548 e. The molecule has 0 aromatic rings. The summed E-state index contributed by atoms with van der Waals surface area (Å²) < 4.78 is 0. The minimum Gasteiger partial charge on any atom is -0.548 e. The van der Waals surface area contributed by atoms with E-state index in [0.29, 0.717) is 0 Å². The molecule has 0 saturated heterocycles. The number of hydroxylamine groups is 2. The Kier molecular flexibility index (Phi) is 4.02. The molecule has 1 atom stereocenters. The fraction of sp³-hybridized carbons (Fsp3) is 0.833. The van der Waals surface area contributed by atoms with E-state index in [4.69, 9.17) is 10.4 Å². The zero-order valence-corrected chi connectivity index (χ0v) is 6.52. The second-order valence-electron chi connectivity index (χ2n) is 2.78. The molecule has 0 amide bonds. The second-order valence-corrected chi connectivity index (χ2v) is 2.78. The highest BCUT2D eigenvalue weighted by Gasteiger charge is 2.17. The highest BCUT2D eigenvalue weighted by Crippen LogP contribution is 2.07. The van der Waals surface area contributed by atoms with Crippen molar-refractivity contribution >= 4 is 5.97 Å². The first-order valence-electron chi connectivity index (χ1n) is 3.33. The normalized spacial score (nSPS) is 14.0. The molecule has 0 radical (unpaired) electrons. The van der Waals surface area contributed by atoms with Gasteiger partial charge in [-0.25, -0.2) is 0 Å². The van der Waals surface area contributed by atoms with E-state index in [1.165, 1.54) is 0 Å². The first kappa shape index (κ1) is 10.3. The lowest BCUT2D eigenvalue weighted by molar-refractivity contribution is -0.365. The van der Waals surface area contributed by atoms with Crippen LogP contribution in [0.4, 0.5) is 0 Å². The van der Waals surface area contributed by atoms with E-state index in [0.717, 1.165) is 0 Å². The second kappa shape index (κ2) is 4.27. The Morgan fingerprint density at radius 3 is 2.09 bits per heavy atom. The molecule has 0 rings (SSSR count). The van der Waals surface area contributed by atoms with Crippen molar-refractivity contribution in [1.82, 2.24) is 5.23 Å². The zero-order chi connectivity index (χ0) is 9.02. The molecule has 0 aliphatic carbocycles. The molecule has 0 saturated carbocycles. The van der Waals surface area contributed by atoms with Gasteiger partial charge in [-0.05, 0) is 12.3 Å². The molecule has 0 aliphatic heterocycles. The van der Waals surface area contributed by atoms with Crippen molar-refractivity contribution in [1.29, 1.82) is 0 Å². The molecule has 11 heavy (non-hydrogen) atoms. The summed E-state index contributed by atoms with van der Waals surface area (Å²) >= 11 is 0. The van der Waals surface area contributed by atoms with Gasteiger partial charge in [0.1, 0.15) is 6.04 Å².